The molecule has 0 aliphatic heterocycles. The number of hydrogen-bond acceptors (Lipinski definition) is 6. The van der Waals surface area contributed by atoms with Gasteiger partial charge in [-0.1, -0.05) is 17.3 Å². The smallest absolute Gasteiger partial charge is 0.293 e. The molecule has 0 fully saturated rings. The fourth-order valence-corrected chi connectivity index (χ4v) is 1.94. The van der Waals surface area contributed by atoms with Gasteiger partial charge in [0.05, 0.1) is 4.92 Å². The van der Waals surface area contributed by atoms with Gasteiger partial charge in [-0.2, -0.15) is 4.98 Å². The lowest BCUT2D eigenvalue weighted by atomic mass is 10.2. The summed E-state index contributed by atoms with van der Waals surface area (Å²) in [6.07, 6.45) is 0. The van der Waals surface area contributed by atoms with Crippen molar-refractivity contribution in [2.45, 2.75) is 0 Å². The normalized spacial score (nSPS) is 10.7. The molecule has 0 N–H and O–H groups in total. The van der Waals surface area contributed by atoms with E-state index in [2.05, 4.69) is 26.1 Å². The van der Waals surface area contributed by atoms with E-state index in [4.69, 9.17) is 8.94 Å². The van der Waals surface area contributed by atoms with E-state index in [0.29, 0.717) is 16.0 Å². The fourth-order valence-electron chi connectivity index (χ4n) is 1.63. The molecule has 0 amide bonds. The van der Waals surface area contributed by atoms with Crippen molar-refractivity contribution in [3.63, 3.8) is 0 Å². The predicted molar refractivity (Wildman–Crippen MR) is 71.8 cm³/mol. The van der Waals surface area contributed by atoms with Crippen molar-refractivity contribution in [2.75, 3.05) is 0 Å². The lowest BCUT2D eigenvalue weighted by molar-refractivity contribution is -0.384. The van der Waals surface area contributed by atoms with Crippen LogP contribution in [-0.4, -0.2) is 15.1 Å². The molecular weight excluding hydrogens is 330 g/mol. The Bertz CT molecular complexity index is 780. The SMILES string of the molecule is O=[N+]([O-])c1cccc(-c2noc(-c3ccc(Br)o3)n2)c1. The molecule has 8 heteroatoms. The van der Waals surface area contributed by atoms with Crippen LogP contribution in [0.15, 0.2) is 50.0 Å². The number of rotatable bonds is 3. The minimum Gasteiger partial charge on any atom is -0.444 e. The van der Waals surface area contributed by atoms with E-state index >= 15 is 0 Å². The molecule has 0 bridgehead atoms. The molecule has 7 nitrogen and oxygen atoms in total. The molecule has 0 radical (unpaired) electrons. The molecule has 0 aliphatic rings. The second-order valence-corrected chi connectivity index (χ2v) is 4.62. The van der Waals surface area contributed by atoms with E-state index in [9.17, 15) is 10.1 Å². The van der Waals surface area contributed by atoms with E-state index in [1.54, 1.807) is 24.3 Å². The molecule has 0 saturated carbocycles. The quantitative estimate of drug-likeness (QED) is 0.535. The zero-order chi connectivity index (χ0) is 14.1. The maximum Gasteiger partial charge on any atom is 0.293 e. The number of aromatic nitrogens is 2. The Morgan fingerprint density at radius 1 is 1.25 bits per heavy atom. The van der Waals surface area contributed by atoms with Gasteiger partial charge >= 0.3 is 0 Å². The summed E-state index contributed by atoms with van der Waals surface area (Å²) in [5, 5.41) is 14.5. The Labute approximate surface area is 120 Å². The first-order valence-electron chi connectivity index (χ1n) is 5.48. The van der Waals surface area contributed by atoms with Crippen LogP contribution in [0, 0.1) is 10.1 Å². The lowest BCUT2D eigenvalue weighted by Gasteiger charge is -1.94. The number of furan rings is 1. The van der Waals surface area contributed by atoms with Gasteiger partial charge in [0.25, 0.3) is 11.6 Å². The number of halogens is 1. The zero-order valence-electron chi connectivity index (χ0n) is 9.82. The van der Waals surface area contributed by atoms with Gasteiger partial charge in [-0.25, -0.2) is 0 Å². The summed E-state index contributed by atoms with van der Waals surface area (Å²) in [5.41, 5.74) is 0.467. The number of hydrogen-bond donors (Lipinski definition) is 0. The van der Waals surface area contributed by atoms with Gasteiger partial charge < -0.3 is 8.94 Å². The van der Waals surface area contributed by atoms with Crippen molar-refractivity contribution >= 4 is 21.6 Å². The second-order valence-electron chi connectivity index (χ2n) is 3.83. The van der Waals surface area contributed by atoms with Gasteiger partial charge in [0.15, 0.2) is 10.4 Å². The van der Waals surface area contributed by atoms with Crippen LogP contribution < -0.4 is 0 Å². The third-order valence-electron chi connectivity index (χ3n) is 2.53. The Morgan fingerprint density at radius 2 is 2.10 bits per heavy atom. The lowest BCUT2D eigenvalue weighted by Crippen LogP contribution is -1.88. The van der Waals surface area contributed by atoms with Gasteiger partial charge in [-0.15, -0.1) is 0 Å². The van der Waals surface area contributed by atoms with E-state index in [0.717, 1.165) is 0 Å². The van der Waals surface area contributed by atoms with Crippen LogP contribution in [0.2, 0.25) is 0 Å². The highest BCUT2D eigenvalue weighted by Gasteiger charge is 2.15. The molecule has 20 heavy (non-hydrogen) atoms. The highest BCUT2D eigenvalue weighted by Crippen LogP contribution is 2.27. The summed E-state index contributed by atoms with van der Waals surface area (Å²) in [6.45, 7) is 0. The van der Waals surface area contributed by atoms with Gasteiger partial charge in [0.1, 0.15) is 0 Å². The summed E-state index contributed by atoms with van der Waals surface area (Å²) < 4.78 is 10.9. The Kier molecular flexibility index (Phi) is 3.07. The van der Waals surface area contributed by atoms with Crippen molar-refractivity contribution in [1.82, 2.24) is 10.1 Å². The first-order chi connectivity index (χ1) is 9.63. The minimum absolute atomic E-state index is 0.0328. The van der Waals surface area contributed by atoms with Crippen LogP contribution in [0.25, 0.3) is 23.0 Å². The first kappa shape index (κ1) is 12.5. The molecule has 3 aromatic rings. The van der Waals surface area contributed by atoms with Crippen molar-refractivity contribution in [2.24, 2.45) is 0 Å². The molecular formula is C12H6BrN3O4. The highest BCUT2D eigenvalue weighted by atomic mass is 79.9. The van der Waals surface area contributed by atoms with Gasteiger partial charge in [-0.3, -0.25) is 10.1 Å². The van der Waals surface area contributed by atoms with Gasteiger partial charge in [0.2, 0.25) is 5.82 Å². The molecule has 1 aromatic carbocycles. The average Bonchev–Trinajstić information content (AvgIpc) is 3.07. The molecule has 0 unspecified atom stereocenters. The third kappa shape index (κ3) is 2.32. The highest BCUT2D eigenvalue weighted by molar-refractivity contribution is 9.10. The van der Waals surface area contributed by atoms with E-state index in [-0.39, 0.29) is 17.4 Å². The summed E-state index contributed by atoms with van der Waals surface area (Å²) in [4.78, 5) is 14.4. The maximum atomic E-state index is 10.7. The third-order valence-corrected chi connectivity index (χ3v) is 2.95. The molecule has 0 aliphatic carbocycles. The largest absolute Gasteiger partial charge is 0.444 e. The average molecular weight is 336 g/mol. The van der Waals surface area contributed by atoms with Gasteiger partial charge in [0, 0.05) is 17.7 Å². The maximum absolute atomic E-state index is 10.7. The number of nitro benzene ring substituents is 1. The van der Waals surface area contributed by atoms with Crippen molar-refractivity contribution in [1.29, 1.82) is 0 Å². The minimum atomic E-state index is -0.478. The number of nitro groups is 1. The molecule has 0 saturated heterocycles. The van der Waals surface area contributed by atoms with E-state index < -0.39 is 4.92 Å². The van der Waals surface area contributed by atoms with Crippen LogP contribution >= 0.6 is 15.9 Å². The Morgan fingerprint density at radius 3 is 2.80 bits per heavy atom. The standard InChI is InChI=1S/C12H6BrN3O4/c13-10-5-4-9(19-10)12-14-11(15-20-12)7-2-1-3-8(6-7)16(17)18/h1-6H. The van der Waals surface area contributed by atoms with Crippen LogP contribution in [0.1, 0.15) is 0 Å². The van der Waals surface area contributed by atoms with Crippen LogP contribution in [0.3, 0.4) is 0 Å². The first-order valence-corrected chi connectivity index (χ1v) is 6.27. The van der Waals surface area contributed by atoms with Gasteiger partial charge in [-0.05, 0) is 28.1 Å². The van der Waals surface area contributed by atoms with Crippen molar-refractivity contribution in [3.8, 4) is 23.0 Å². The monoisotopic (exact) mass is 335 g/mol. The zero-order valence-corrected chi connectivity index (χ0v) is 11.4. The number of non-ortho nitro benzene ring substituents is 1. The van der Waals surface area contributed by atoms with Crippen molar-refractivity contribution in [3.05, 3.63) is 51.2 Å². The van der Waals surface area contributed by atoms with Crippen LogP contribution in [0.5, 0.6) is 0 Å². The van der Waals surface area contributed by atoms with Crippen LogP contribution in [-0.2, 0) is 0 Å². The fraction of sp³-hybridized carbons (Fsp3) is 0. The summed E-state index contributed by atoms with van der Waals surface area (Å²) >= 11 is 3.18. The topological polar surface area (TPSA) is 95.2 Å². The second kappa shape index (κ2) is 4.89. The van der Waals surface area contributed by atoms with Crippen LogP contribution in [0.4, 0.5) is 5.69 Å². The predicted octanol–water partition coefficient (Wildman–Crippen LogP) is 3.67. The molecule has 0 spiro atoms. The summed E-state index contributed by atoms with van der Waals surface area (Å²) in [7, 11) is 0. The van der Waals surface area contributed by atoms with E-state index in [1.165, 1.54) is 12.1 Å². The Balaban J connectivity index is 1.98. The molecule has 3 rings (SSSR count). The summed E-state index contributed by atoms with van der Waals surface area (Å²) in [6, 6.07) is 9.38. The Hall–Kier alpha value is -2.48. The molecule has 100 valence electrons. The van der Waals surface area contributed by atoms with E-state index in [1.807, 2.05) is 0 Å². The molecule has 2 aromatic heterocycles. The molecule has 0 atom stereocenters. The number of benzene rings is 1. The molecule has 2 heterocycles. The van der Waals surface area contributed by atoms with Crippen molar-refractivity contribution < 1.29 is 13.9 Å². The summed E-state index contributed by atoms with van der Waals surface area (Å²) in [5.74, 6) is 0.884. The number of nitrogens with zero attached hydrogens (tertiary/aromatic N) is 3.